The molecule has 42 heavy (non-hydrogen) atoms. The van der Waals surface area contributed by atoms with E-state index in [0.29, 0.717) is 11.3 Å². The minimum atomic E-state index is -1.76. The van der Waals surface area contributed by atoms with Crippen LogP contribution < -0.4 is 15.6 Å². The number of hydrogen-bond acceptors (Lipinski definition) is 11. The van der Waals surface area contributed by atoms with Crippen LogP contribution in [-0.2, 0) is 37.0 Å². The fourth-order valence-corrected chi connectivity index (χ4v) is 6.36. The van der Waals surface area contributed by atoms with E-state index in [9.17, 15) is 29.4 Å². The first-order valence-corrected chi connectivity index (χ1v) is 14.7. The molecule has 5 N–H and O–H groups in total. The first kappa shape index (κ1) is 29.1. The molecule has 14 nitrogen and oxygen atoms in total. The summed E-state index contributed by atoms with van der Waals surface area (Å²) in [6.45, 7) is 4.71. The lowest BCUT2D eigenvalue weighted by molar-refractivity contribution is -0.669. The van der Waals surface area contributed by atoms with Crippen LogP contribution in [0, 0.1) is 0 Å². The van der Waals surface area contributed by atoms with Gasteiger partial charge in [-0.2, -0.15) is 4.57 Å². The molecule has 2 aliphatic rings. The van der Waals surface area contributed by atoms with Crippen molar-refractivity contribution in [2.24, 2.45) is 5.16 Å². The van der Waals surface area contributed by atoms with Crippen LogP contribution in [-0.4, -0.2) is 72.3 Å². The number of β-lactam (4-membered cyclic amide) rings is 1. The average molecular weight is 616 g/mol. The molecular weight excluding hydrogens is 588 g/mol. The molecule has 3 aromatic rings. The molecule has 0 aromatic carbocycles. The zero-order chi connectivity index (χ0) is 30.3. The number of nitrogen functional groups attached to an aromatic ring is 1. The van der Waals surface area contributed by atoms with Crippen LogP contribution in [0.1, 0.15) is 32.0 Å². The second-order valence-corrected chi connectivity index (χ2v) is 12.0. The van der Waals surface area contributed by atoms with Gasteiger partial charge in [0.1, 0.15) is 22.8 Å². The van der Waals surface area contributed by atoms with Crippen LogP contribution >= 0.6 is 23.1 Å². The van der Waals surface area contributed by atoms with Crippen LogP contribution in [0.3, 0.4) is 0 Å². The Morgan fingerprint density at radius 3 is 2.76 bits per heavy atom. The highest BCUT2D eigenvalue weighted by atomic mass is 32.2. The number of fused-ring (bicyclic) bond motifs is 2. The van der Waals surface area contributed by atoms with E-state index in [4.69, 9.17) is 15.0 Å². The van der Waals surface area contributed by atoms with Gasteiger partial charge in [0.05, 0.1) is 11.6 Å². The summed E-state index contributed by atoms with van der Waals surface area (Å²) in [7, 11) is 0. The normalized spacial score (nSPS) is 19.0. The molecule has 1 fully saturated rings. The van der Waals surface area contributed by atoms with Gasteiger partial charge in [0.2, 0.25) is 5.60 Å². The van der Waals surface area contributed by atoms with Gasteiger partial charge in [0.25, 0.3) is 11.8 Å². The van der Waals surface area contributed by atoms with Crippen LogP contribution in [0.5, 0.6) is 0 Å². The number of amides is 2. The molecule has 0 bridgehead atoms. The number of carbonyl (C=O) groups is 4. The molecular formula is C26H27N6O8S2+. The number of furan rings is 1. The summed E-state index contributed by atoms with van der Waals surface area (Å²) in [4.78, 5) is 60.7. The minimum Gasteiger partial charge on any atom is -0.478 e. The van der Waals surface area contributed by atoms with E-state index in [1.165, 1.54) is 35.9 Å². The maximum Gasteiger partial charge on any atom is 0.380 e. The summed E-state index contributed by atoms with van der Waals surface area (Å²) in [5.41, 5.74) is 5.59. The van der Waals surface area contributed by atoms with Crippen molar-refractivity contribution in [1.82, 2.24) is 15.2 Å². The van der Waals surface area contributed by atoms with Crippen molar-refractivity contribution in [3.63, 3.8) is 0 Å². The summed E-state index contributed by atoms with van der Waals surface area (Å²) in [5.74, 6) is -3.77. The van der Waals surface area contributed by atoms with Gasteiger partial charge < -0.3 is 30.5 Å². The van der Waals surface area contributed by atoms with E-state index in [-0.39, 0.29) is 34.5 Å². The van der Waals surface area contributed by atoms with Crippen molar-refractivity contribution >= 4 is 68.8 Å². The number of thioether (sulfide) groups is 1. The van der Waals surface area contributed by atoms with E-state index in [1.54, 1.807) is 6.26 Å². The third-order valence-corrected chi connectivity index (χ3v) is 8.78. The first-order chi connectivity index (χ1) is 19.9. The van der Waals surface area contributed by atoms with Crippen molar-refractivity contribution in [2.45, 2.75) is 50.8 Å². The van der Waals surface area contributed by atoms with Crippen molar-refractivity contribution in [3.05, 3.63) is 52.5 Å². The zero-order valence-corrected chi connectivity index (χ0v) is 24.3. The number of hydrogen-bond donors (Lipinski definition) is 4. The molecule has 2 amide bonds. The van der Waals surface area contributed by atoms with Crippen molar-refractivity contribution in [3.8, 4) is 0 Å². The number of nitrogens with one attached hydrogen (secondary N) is 1. The molecule has 0 radical (unpaired) electrons. The maximum absolute atomic E-state index is 13.3. The number of nitrogens with two attached hydrogens (primary N) is 1. The third kappa shape index (κ3) is 5.30. The number of carboxylic acids is 2. The second kappa shape index (κ2) is 11.1. The molecule has 5 rings (SSSR count). The van der Waals surface area contributed by atoms with E-state index < -0.39 is 40.8 Å². The van der Waals surface area contributed by atoms with Gasteiger partial charge >= 0.3 is 17.7 Å². The largest absolute Gasteiger partial charge is 0.478 e. The molecule has 1 unspecified atom stereocenters. The Morgan fingerprint density at radius 1 is 1.36 bits per heavy atom. The van der Waals surface area contributed by atoms with E-state index >= 15 is 0 Å². The number of carbonyl (C=O) groups excluding carboxylic acids is 2. The van der Waals surface area contributed by atoms with E-state index in [0.717, 1.165) is 28.7 Å². The van der Waals surface area contributed by atoms with E-state index in [1.807, 2.05) is 29.8 Å². The minimum absolute atomic E-state index is 0.0279. The predicted octanol–water partition coefficient (Wildman–Crippen LogP) is 1.34. The van der Waals surface area contributed by atoms with Crippen LogP contribution in [0.2, 0.25) is 0 Å². The summed E-state index contributed by atoms with van der Waals surface area (Å²) < 4.78 is 7.47. The quantitative estimate of drug-likeness (QED) is 0.111. The first-order valence-electron chi connectivity index (χ1n) is 12.7. The van der Waals surface area contributed by atoms with E-state index in [2.05, 4.69) is 15.5 Å². The highest BCUT2D eigenvalue weighted by Gasteiger charge is 2.55. The van der Waals surface area contributed by atoms with Gasteiger partial charge in [0.15, 0.2) is 23.6 Å². The van der Waals surface area contributed by atoms with Gasteiger partial charge in [-0.3, -0.25) is 14.5 Å². The number of aromatic nitrogens is 2. The molecule has 2 atom stereocenters. The molecule has 220 valence electrons. The third-order valence-electron chi connectivity index (χ3n) is 6.76. The zero-order valence-electron chi connectivity index (χ0n) is 22.7. The number of rotatable bonds is 10. The Hall–Kier alpha value is -4.44. The summed E-state index contributed by atoms with van der Waals surface area (Å²) in [6.07, 6.45) is 4.23. The summed E-state index contributed by atoms with van der Waals surface area (Å²) >= 11 is 2.34. The molecule has 2 aliphatic heterocycles. The maximum atomic E-state index is 13.3. The molecule has 16 heteroatoms. The van der Waals surface area contributed by atoms with Gasteiger partial charge in [-0.05, 0) is 32.4 Å². The number of anilines is 1. The number of nitrogens with zero attached hydrogens (tertiary/aromatic N) is 4. The van der Waals surface area contributed by atoms with Gasteiger partial charge in [-0.1, -0.05) is 12.1 Å². The average Bonchev–Trinajstić information content (AvgIpc) is 3.60. The van der Waals surface area contributed by atoms with Crippen molar-refractivity contribution in [2.75, 3.05) is 11.5 Å². The number of thiazole rings is 1. The van der Waals surface area contributed by atoms with Crippen LogP contribution in [0.15, 0.2) is 50.8 Å². The number of aliphatic carboxylic acids is 2. The summed E-state index contributed by atoms with van der Waals surface area (Å²) in [6, 6.07) is 2.77. The molecule has 0 aliphatic carbocycles. The Kier molecular flexibility index (Phi) is 7.68. The molecule has 0 spiro atoms. The van der Waals surface area contributed by atoms with Gasteiger partial charge in [0, 0.05) is 22.3 Å². The van der Waals surface area contributed by atoms with Crippen molar-refractivity contribution in [1.29, 1.82) is 0 Å². The molecule has 5 heterocycles. The Labute approximate surface area is 246 Å². The Morgan fingerprint density at radius 2 is 2.12 bits per heavy atom. The standard InChI is InChI=1S/C26H26N6O8S2/c1-4-12-7-13-5-6-39-21(13)31(8-12)9-14-10-41-22-17(20(34)32(22)18(14)23(35)36)29-19(33)16(15-11-42-25(27)28-15)30-40-26(2,3)24(37)38/h5-8,11,17,22H,4,9-10H2,1-3H3,(H4-,27,28,29,33,35,36,37,38)/p+1/b30-16-/t17?,22-/m1/s1. The van der Waals surface area contributed by atoms with Crippen molar-refractivity contribution < 1.29 is 43.2 Å². The highest BCUT2D eigenvalue weighted by molar-refractivity contribution is 8.00. The lowest BCUT2D eigenvalue weighted by Crippen LogP contribution is -2.71. The Balaban J connectivity index is 1.39. The lowest BCUT2D eigenvalue weighted by Gasteiger charge is -2.49. The lowest BCUT2D eigenvalue weighted by atomic mass is 10.0. The monoisotopic (exact) mass is 615 g/mol. The smallest absolute Gasteiger partial charge is 0.380 e. The van der Waals surface area contributed by atoms with Gasteiger partial charge in [-0.15, -0.1) is 23.1 Å². The molecule has 3 aromatic heterocycles. The predicted molar refractivity (Wildman–Crippen MR) is 151 cm³/mol. The second-order valence-electron chi connectivity index (χ2n) is 10.0. The highest BCUT2D eigenvalue weighted by Crippen LogP contribution is 2.40. The fourth-order valence-electron chi connectivity index (χ4n) is 4.48. The fraction of sp³-hybridized carbons (Fsp3) is 0.346. The SMILES string of the molecule is CCc1cc2ccoc2[n+](CC2=C(C(=O)O)N3C(=O)C(NC(=O)/C(=N\OC(C)(C)C(=O)O)c4csc(N)n4)[C@H]3SC2)c1. The van der Waals surface area contributed by atoms with Crippen LogP contribution in [0.25, 0.3) is 11.1 Å². The number of oxime groups is 1. The number of pyridine rings is 1. The number of aryl methyl sites for hydroxylation is 1. The molecule has 0 saturated carbocycles. The van der Waals surface area contributed by atoms with Crippen LogP contribution in [0.4, 0.5) is 5.13 Å². The van der Waals surface area contributed by atoms with Gasteiger partial charge in [-0.25, -0.2) is 14.6 Å². The Bertz CT molecular complexity index is 1680. The topological polar surface area (TPSA) is 202 Å². The molecule has 1 saturated heterocycles. The number of carboxylic acid groups (broad SMARTS) is 2. The summed E-state index contributed by atoms with van der Waals surface area (Å²) in [5, 5.41) is 27.5.